The second-order valence-electron chi connectivity index (χ2n) is 5.58. The Labute approximate surface area is 121 Å². The minimum absolute atomic E-state index is 0.269. The molecule has 20 heavy (non-hydrogen) atoms. The standard InChI is InChI=1S/C18H21NO/c1-3-18(20)17-10-8-16(9-11-17)13(2)15-6-4-14(12-19)5-7-15/h4-7,16-17H,2-3,8-11H2,1H3. The first-order valence-electron chi connectivity index (χ1n) is 7.37. The van der Waals surface area contributed by atoms with Crippen molar-refractivity contribution in [3.05, 3.63) is 42.0 Å². The van der Waals surface area contributed by atoms with Crippen molar-refractivity contribution >= 4 is 11.4 Å². The number of ketones is 1. The summed E-state index contributed by atoms with van der Waals surface area (Å²) >= 11 is 0. The Morgan fingerprint density at radius 1 is 1.20 bits per heavy atom. The molecule has 1 aromatic rings. The van der Waals surface area contributed by atoms with Crippen LogP contribution in [-0.4, -0.2) is 5.78 Å². The average molecular weight is 267 g/mol. The zero-order chi connectivity index (χ0) is 14.5. The summed E-state index contributed by atoms with van der Waals surface area (Å²) in [6.45, 7) is 6.17. The first kappa shape index (κ1) is 14.5. The van der Waals surface area contributed by atoms with Crippen LogP contribution in [0.15, 0.2) is 30.8 Å². The van der Waals surface area contributed by atoms with Crippen LogP contribution in [0.1, 0.15) is 50.2 Å². The number of carbonyl (C=O) groups is 1. The summed E-state index contributed by atoms with van der Waals surface area (Å²) < 4.78 is 0. The van der Waals surface area contributed by atoms with Crippen molar-refractivity contribution in [3.63, 3.8) is 0 Å². The molecule has 2 nitrogen and oxygen atoms in total. The van der Waals surface area contributed by atoms with Gasteiger partial charge < -0.3 is 0 Å². The lowest BCUT2D eigenvalue weighted by Crippen LogP contribution is -2.21. The van der Waals surface area contributed by atoms with E-state index in [0.717, 1.165) is 36.8 Å². The Morgan fingerprint density at radius 2 is 1.75 bits per heavy atom. The molecule has 2 rings (SSSR count). The van der Waals surface area contributed by atoms with E-state index in [1.807, 2.05) is 31.2 Å². The van der Waals surface area contributed by atoms with Gasteiger partial charge in [0.05, 0.1) is 11.6 Å². The maximum atomic E-state index is 11.7. The molecule has 0 aliphatic heterocycles. The molecule has 0 saturated heterocycles. The van der Waals surface area contributed by atoms with Crippen LogP contribution in [-0.2, 0) is 4.79 Å². The second-order valence-corrected chi connectivity index (χ2v) is 5.58. The van der Waals surface area contributed by atoms with Crippen LogP contribution in [0.2, 0.25) is 0 Å². The molecular formula is C18H21NO. The summed E-state index contributed by atoms with van der Waals surface area (Å²) in [5, 5.41) is 8.82. The summed E-state index contributed by atoms with van der Waals surface area (Å²) in [7, 11) is 0. The third-order valence-electron chi connectivity index (χ3n) is 4.41. The maximum absolute atomic E-state index is 11.7. The van der Waals surface area contributed by atoms with Crippen molar-refractivity contribution in [2.45, 2.75) is 39.0 Å². The smallest absolute Gasteiger partial charge is 0.135 e. The molecule has 1 aromatic carbocycles. The number of hydrogen-bond donors (Lipinski definition) is 0. The predicted octanol–water partition coefficient (Wildman–Crippen LogP) is 4.36. The molecule has 0 radical (unpaired) electrons. The fourth-order valence-electron chi connectivity index (χ4n) is 3.05. The highest BCUT2D eigenvalue weighted by Crippen LogP contribution is 2.37. The van der Waals surface area contributed by atoms with Crippen LogP contribution >= 0.6 is 0 Å². The lowest BCUT2D eigenvalue weighted by molar-refractivity contribution is -0.123. The van der Waals surface area contributed by atoms with E-state index >= 15 is 0 Å². The number of allylic oxidation sites excluding steroid dienone is 1. The largest absolute Gasteiger partial charge is 0.299 e. The van der Waals surface area contributed by atoms with Gasteiger partial charge in [-0.3, -0.25) is 4.79 Å². The Hall–Kier alpha value is -1.88. The van der Waals surface area contributed by atoms with Crippen molar-refractivity contribution in [2.24, 2.45) is 11.8 Å². The second kappa shape index (κ2) is 6.52. The van der Waals surface area contributed by atoms with Crippen LogP contribution in [0, 0.1) is 23.2 Å². The molecule has 1 saturated carbocycles. The van der Waals surface area contributed by atoms with Crippen molar-refractivity contribution < 1.29 is 4.79 Å². The summed E-state index contributed by atoms with van der Waals surface area (Å²) in [5.41, 5.74) is 2.95. The molecule has 1 fully saturated rings. The maximum Gasteiger partial charge on any atom is 0.135 e. The van der Waals surface area contributed by atoms with Crippen LogP contribution in [0.5, 0.6) is 0 Å². The lowest BCUT2D eigenvalue weighted by atomic mass is 9.75. The van der Waals surface area contributed by atoms with Gasteiger partial charge in [-0.1, -0.05) is 25.6 Å². The van der Waals surface area contributed by atoms with Gasteiger partial charge in [-0.25, -0.2) is 0 Å². The quantitative estimate of drug-likeness (QED) is 0.813. The molecule has 0 atom stereocenters. The van der Waals surface area contributed by atoms with Gasteiger partial charge in [0.2, 0.25) is 0 Å². The van der Waals surface area contributed by atoms with Crippen molar-refractivity contribution in [3.8, 4) is 6.07 Å². The molecule has 0 unspecified atom stereocenters. The van der Waals surface area contributed by atoms with Gasteiger partial charge in [-0.05, 0) is 54.9 Å². The van der Waals surface area contributed by atoms with E-state index in [-0.39, 0.29) is 5.92 Å². The molecule has 0 N–H and O–H groups in total. The van der Waals surface area contributed by atoms with E-state index in [9.17, 15) is 4.79 Å². The highest BCUT2D eigenvalue weighted by molar-refractivity contribution is 5.80. The molecule has 2 heteroatoms. The third kappa shape index (κ3) is 3.17. The highest BCUT2D eigenvalue weighted by Gasteiger charge is 2.26. The van der Waals surface area contributed by atoms with Crippen molar-refractivity contribution in [1.29, 1.82) is 5.26 Å². The summed E-state index contributed by atoms with van der Waals surface area (Å²) in [4.78, 5) is 11.7. The van der Waals surface area contributed by atoms with Gasteiger partial charge in [0, 0.05) is 12.3 Å². The summed E-state index contributed by atoms with van der Waals surface area (Å²) in [5.74, 6) is 1.15. The number of nitriles is 1. The van der Waals surface area contributed by atoms with Gasteiger partial charge >= 0.3 is 0 Å². The summed E-state index contributed by atoms with van der Waals surface area (Å²) in [6.07, 6.45) is 4.75. The molecule has 0 heterocycles. The molecule has 0 aromatic heterocycles. The van der Waals surface area contributed by atoms with E-state index in [1.54, 1.807) is 0 Å². The number of benzene rings is 1. The number of carbonyl (C=O) groups excluding carboxylic acids is 1. The predicted molar refractivity (Wildman–Crippen MR) is 80.9 cm³/mol. The molecule has 104 valence electrons. The van der Waals surface area contributed by atoms with Gasteiger partial charge in [0.15, 0.2) is 0 Å². The van der Waals surface area contributed by atoms with E-state index in [2.05, 4.69) is 12.6 Å². The average Bonchev–Trinajstić information content (AvgIpc) is 2.53. The fourth-order valence-corrected chi connectivity index (χ4v) is 3.05. The zero-order valence-electron chi connectivity index (χ0n) is 12.1. The monoisotopic (exact) mass is 267 g/mol. The molecule has 0 spiro atoms. The molecule has 1 aliphatic carbocycles. The molecule has 0 amide bonds. The first-order chi connectivity index (χ1) is 9.65. The lowest BCUT2D eigenvalue weighted by Gasteiger charge is -2.29. The van der Waals surface area contributed by atoms with Crippen LogP contribution in [0.25, 0.3) is 5.57 Å². The van der Waals surface area contributed by atoms with E-state index in [0.29, 0.717) is 23.7 Å². The number of Topliss-reactive ketones (excluding diaryl/α,β-unsaturated/α-hetero) is 1. The first-order valence-corrected chi connectivity index (χ1v) is 7.37. The van der Waals surface area contributed by atoms with Gasteiger partial charge in [0.25, 0.3) is 0 Å². The topological polar surface area (TPSA) is 40.9 Å². The van der Waals surface area contributed by atoms with E-state index in [4.69, 9.17) is 5.26 Å². The van der Waals surface area contributed by atoms with Gasteiger partial charge in [-0.2, -0.15) is 5.26 Å². The van der Waals surface area contributed by atoms with Gasteiger partial charge in [-0.15, -0.1) is 0 Å². The summed E-state index contributed by atoms with van der Waals surface area (Å²) in [6, 6.07) is 9.76. The Morgan fingerprint density at radius 3 is 2.25 bits per heavy atom. The fraction of sp³-hybridized carbons (Fsp3) is 0.444. The Balaban J connectivity index is 1.97. The highest BCUT2D eigenvalue weighted by atomic mass is 16.1. The minimum atomic E-state index is 0.269. The third-order valence-corrected chi connectivity index (χ3v) is 4.41. The number of hydrogen-bond acceptors (Lipinski definition) is 2. The van der Waals surface area contributed by atoms with Crippen molar-refractivity contribution in [1.82, 2.24) is 0 Å². The minimum Gasteiger partial charge on any atom is -0.299 e. The van der Waals surface area contributed by atoms with Gasteiger partial charge in [0.1, 0.15) is 5.78 Å². The number of rotatable bonds is 4. The SMILES string of the molecule is C=C(c1ccc(C#N)cc1)C1CCC(C(=O)CC)CC1. The normalized spacial score (nSPS) is 22.0. The van der Waals surface area contributed by atoms with Crippen LogP contribution < -0.4 is 0 Å². The Kier molecular flexibility index (Phi) is 4.74. The van der Waals surface area contributed by atoms with E-state index < -0.39 is 0 Å². The zero-order valence-corrected chi connectivity index (χ0v) is 12.1. The molecule has 0 bridgehead atoms. The Bertz CT molecular complexity index is 528. The van der Waals surface area contributed by atoms with Crippen LogP contribution in [0.3, 0.4) is 0 Å². The van der Waals surface area contributed by atoms with Crippen LogP contribution in [0.4, 0.5) is 0 Å². The number of nitrogens with zero attached hydrogens (tertiary/aromatic N) is 1. The molecule has 1 aliphatic rings. The van der Waals surface area contributed by atoms with Crippen molar-refractivity contribution in [2.75, 3.05) is 0 Å². The van der Waals surface area contributed by atoms with E-state index in [1.165, 1.54) is 0 Å². The molecular weight excluding hydrogens is 246 g/mol.